The lowest BCUT2D eigenvalue weighted by atomic mass is 10.1. The van der Waals surface area contributed by atoms with Gasteiger partial charge in [0.2, 0.25) is 0 Å². The number of carbonyl (C=O) groups is 1. The number of nitrogen functional groups attached to an aromatic ring is 1. The molecule has 0 aliphatic carbocycles. The summed E-state index contributed by atoms with van der Waals surface area (Å²) in [6.07, 6.45) is 3.01. The highest BCUT2D eigenvalue weighted by atomic mass is 32.2. The average molecular weight is 707 g/mol. The fourth-order valence-electron chi connectivity index (χ4n) is 5.78. The first-order chi connectivity index (χ1) is 23.5. The second-order valence-electron chi connectivity index (χ2n) is 12.2. The number of hydrogen-bond acceptors (Lipinski definition) is 13. The zero-order valence-corrected chi connectivity index (χ0v) is 28.6. The molecule has 5 rings (SSSR count). The average Bonchev–Trinajstić information content (AvgIpc) is 3.73. The number of rotatable bonds is 19. The number of nitrogens with one attached hydrogen (secondary N) is 1. The number of hydrogen-bond donors (Lipinski definition) is 3. The Labute approximate surface area is 285 Å². The van der Waals surface area contributed by atoms with E-state index in [4.69, 9.17) is 39.3 Å². The largest absolute Gasteiger partial charge is 0.445 e. The summed E-state index contributed by atoms with van der Waals surface area (Å²) in [6, 6.07) is 9.45. The Morgan fingerprint density at radius 1 is 1.00 bits per heavy atom. The molecule has 0 saturated carbocycles. The number of carbonyl (C=O) groups excluding carboxylic acids is 1. The van der Waals surface area contributed by atoms with E-state index in [0.717, 1.165) is 24.8 Å². The lowest BCUT2D eigenvalue weighted by Crippen LogP contribution is -2.45. The minimum absolute atomic E-state index is 0.00675. The monoisotopic (exact) mass is 706 g/mol. The summed E-state index contributed by atoms with van der Waals surface area (Å²) >= 11 is 0. The number of ether oxygens (including phenoxy) is 6. The molecule has 5 N–H and O–H groups in total. The predicted octanol–water partition coefficient (Wildman–Crippen LogP) is 1.85. The van der Waals surface area contributed by atoms with Crippen molar-refractivity contribution in [3.8, 4) is 0 Å². The van der Waals surface area contributed by atoms with E-state index in [-0.39, 0.29) is 25.5 Å². The van der Waals surface area contributed by atoms with Gasteiger partial charge in [0.05, 0.1) is 26.1 Å². The number of benzene rings is 1. The number of fused-ring (bicyclic) bond motifs is 2. The second kappa shape index (κ2) is 16.9. The van der Waals surface area contributed by atoms with Crippen molar-refractivity contribution in [3.05, 3.63) is 48.5 Å². The molecule has 49 heavy (non-hydrogen) atoms. The van der Waals surface area contributed by atoms with Gasteiger partial charge in [0.25, 0.3) is 10.2 Å². The summed E-state index contributed by atoms with van der Waals surface area (Å²) in [7, 11) is -4.02. The van der Waals surface area contributed by atoms with Crippen molar-refractivity contribution in [3.63, 3.8) is 0 Å². The van der Waals surface area contributed by atoms with Crippen molar-refractivity contribution < 1.29 is 41.6 Å². The van der Waals surface area contributed by atoms with Gasteiger partial charge in [-0.25, -0.2) is 24.9 Å². The maximum atomic E-state index is 12.6. The van der Waals surface area contributed by atoms with Crippen molar-refractivity contribution >= 4 is 33.3 Å². The number of nitrogens with zero attached hydrogens (tertiary/aromatic N) is 5. The molecule has 1 amide bonds. The van der Waals surface area contributed by atoms with Gasteiger partial charge in [0.15, 0.2) is 23.5 Å². The first-order valence-corrected chi connectivity index (χ1v) is 17.8. The molecular weight excluding hydrogens is 660 g/mol. The quantitative estimate of drug-likeness (QED) is 0.152. The number of unbranched alkanes of at least 4 members (excludes halogenated alkanes) is 3. The second-order valence-corrected chi connectivity index (χ2v) is 13.8. The number of imidazole rings is 1. The van der Waals surface area contributed by atoms with Crippen LogP contribution in [-0.4, -0.2) is 108 Å². The Bertz CT molecular complexity index is 1610. The van der Waals surface area contributed by atoms with Crippen LogP contribution in [0, 0.1) is 0 Å². The van der Waals surface area contributed by atoms with Gasteiger partial charge in [0.1, 0.15) is 36.8 Å². The number of aromatic nitrogens is 4. The van der Waals surface area contributed by atoms with E-state index in [1.807, 2.05) is 30.3 Å². The molecule has 2 aliphatic heterocycles. The number of alkyl carbamates (subject to hydrolysis) is 1. The molecule has 1 aromatic carbocycles. The maximum absolute atomic E-state index is 12.6. The highest BCUT2D eigenvalue weighted by molar-refractivity contribution is 7.86. The Hall–Kier alpha value is -3.49. The maximum Gasteiger partial charge on any atom is 0.407 e. The molecule has 18 heteroatoms. The molecule has 0 radical (unpaired) electrons. The molecule has 2 aromatic heterocycles. The minimum atomic E-state index is -4.02. The molecule has 2 saturated heterocycles. The Morgan fingerprint density at radius 3 is 2.51 bits per heavy atom. The molecule has 2 aliphatic rings. The first-order valence-electron chi connectivity index (χ1n) is 16.3. The van der Waals surface area contributed by atoms with Gasteiger partial charge >= 0.3 is 6.09 Å². The molecule has 0 bridgehead atoms. The zero-order chi connectivity index (χ0) is 34.9. The van der Waals surface area contributed by atoms with Crippen molar-refractivity contribution in [2.24, 2.45) is 5.14 Å². The molecule has 4 atom stereocenters. The zero-order valence-electron chi connectivity index (χ0n) is 27.8. The normalized spacial score (nSPS) is 21.7. The predicted molar refractivity (Wildman–Crippen MR) is 177 cm³/mol. The van der Waals surface area contributed by atoms with Crippen LogP contribution in [0.15, 0.2) is 43.0 Å². The van der Waals surface area contributed by atoms with E-state index < -0.39 is 46.6 Å². The lowest BCUT2D eigenvalue weighted by Gasteiger charge is -2.27. The van der Waals surface area contributed by atoms with Crippen LogP contribution in [0.2, 0.25) is 0 Å². The third-order valence-electron chi connectivity index (χ3n) is 8.08. The van der Waals surface area contributed by atoms with Crippen molar-refractivity contribution in [1.82, 2.24) is 29.1 Å². The van der Waals surface area contributed by atoms with E-state index >= 15 is 0 Å². The summed E-state index contributed by atoms with van der Waals surface area (Å²) in [5.74, 6) is -0.670. The summed E-state index contributed by atoms with van der Waals surface area (Å²) in [4.78, 5) is 24.4. The van der Waals surface area contributed by atoms with Crippen LogP contribution < -0.4 is 16.2 Å². The van der Waals surface area contributed by atoms with E-state index in [1.165, 1.54) is 10.6 Å². The topological polar surface area (TPSA) is 218 Å². The lowest BCUT2D eigenvalue weighted by molar-refractivity contribution is -0.196. The molecular formula is C31H46N8O9S. The van der Waals surface area contributed by atoms with Gasteiger partial charge in [-0.15, -0.1) is 0 Å². The highest BCUT2D eigenvalue weighted by Gasteiger charge is 2.56. The summed E-state index contributed by atoms with van der Waals surface area (Å²) in [6.45, 7) is 6.10. The van der Waals surface area contributed by atoms with Crippen LogP contribution in [0.4, 0.5) is 10.6 Å². The fraction of sp³-hybridized carbons (Fsp3) is 0.613. The fourth-order valence-corrected chi connectivity index (χ4v) is 6.51. The van der Waals surface area contributed by atoms with Gasteiger partial charge in [0, 0.05) is 26.2 Å². The number of anilines is 1. The first kappa shape index (κ1) is 36.8. The molecule has 4 heterocycles. The van der Waals surface area contributed by atoms with Crippen LogP contribution in [0.1, 0.15) is 51.3 Å². The van der Waals surface area contributed by atoms with Gasteiger partial charge in [-0.1, -0.05) is 43.2 Å². The van der Waals surface area contributed by atoms with Crippen LogP contribution >= 0.6 is 0 Å². The van der Waals surface area contributed by atoms with Crippen molar-refractivity contribution in [2.45, 2.75) is 76.5 Å². The summed E-state index contributed by atoms with van der Waals surface area (Å²) in [5, 5.41) is 8.27. The van der Waals surface area contributed by atoms with E-state index in [1.54, 1.807) is 24.7 Å². The van der Waals surface area contributed by atoms with Gasteiger partial charge in [-0.2, -0.15) is 12.7 Å². The number of amides is 1. The van der Waals surface area contributed by atoms with Crippen LogP contribution in [0.3, 0.4) is 0 Å². The molecule has 2 fully saturated rings. The van der Waals surface area contributed by atoms with E-state index in [0.29, 0.717) is 50.6 Å². The number of nitrogens with two attached hydrogens (primary N) is 2. The molecule has 270 valence electrons. The van der Waals surface area contributed by atoms with Crippen LogP contribution in [0.5, 0.6) is 0 Å². The van der Waals surface area contributed by atoms with Crippen molar-refractivity contribution in [1.29, 1.82) is 0 Å². The third kappa shape index (κ3) is 10.3. The minimum Gasteiger partial charge on any atom is -0.445 e. The van der Waals surface area contributed by atoms with Gasteiger partial charge in [-0.3, -0.25) is 4.57 Å². The molecule has 0 unspecified atom stereocenters. The van der Waals surface area contributed by atoms with E-state index in [2.05, 4.69) is 20.3 Å². The summed E-state index contributed by atoms with van der Waals surface area (Å²) in [5.41, 5.74) is 7.78. The van der Waals surface area contributed by atoms with Gasteiger partial charge < -0.3 is 39.5 Å². The Balaban J connectivity index is 0.968. The van der Waals surface area contributed by atoms with Crippen LogP contribution in [-0.2, 0) is 45.2 Å². The molecule has 17 nitrogen and oxygen atoms in total. The van der Waals surface area contributed by atoms with E-state index in [9.17, 15) is 13.2 Å². The smallest absolute Gasteiger partial charge is 0.407 e. The SMILES string of the molecule is CC1(C)O[C@@H]2[C@H](O1)[C@@H](CN(CCCCCCOCCOCCNC(=O)OCc1ccccc1)S(N)(=O)=O)O[C@H]2n1cnc2c(N)ncnc21. The standard InChI is InChI=1S/C31H46N8O9S/c1-31(2)47-25-23(46-29(26(25)48-31)39-21-37-24-27(32)35-20-36-28(24)39)18-38(49(33,41)42)13-8-3-4-9-14-43-16-17-44-15-12-34-30(40)45-19-22-10-6-5-7-11-22/h5-7,10-11,20-21,23,25-26,29H,3-4,8-9,12-19H2,1-2H3,(H,34,40)(H2,32,35,36)(H2,33,41,42)/t23-,25-,26-,29-/m1/s1. The third-order valence-corrected chi connectivity index (χ3v) is 9.13. The van der Waals surface area contributed by atoms with Crippen molar-refractivity contribution in [2.75, 3.05) is 51.8 Å². The molecule has 3 aromatic rings. The Morgan fingerprint density at radius 2 is 1.73 bits per heavy atom. The van der Waals surface area contributed by atoms with Gasteiger partial charge in [-0.05, 0) is 32.3 Å². The molecule has 0 spiro atoms. The summed E-state index contributed by atoms with van der Waals surface area (Å²) < 4.78 is 63.0. The highest BCUT2D eigenvalue weighted by Crippen LogP contribution is 2.44. The van der Waals surface area contributed by atoms with Crippen LogP contribution in [0.25, 0.3) is 11.2 Å². The Kier molecular flexibility index (Phi) is 12.7.